The van der Waals surface area contributed by atoms with E-state index in [1.54, 1.807) is 0 Å². The zero-order chi connectivity index (χ0) is 10.7. The van der Waals surface area contributed by atoms with Crippen molar-refractivity contribution in [2.24, 2.45) is 11.3 Å². The lowest BCUT2D eigenvalue weighted by Gasteiger charge is -2.35. The van der Waals surface area contributed by atoms with Crippen LogP contribution in [0.2, 0.25) is 0 Å². The molecule has 0 radical (unpaired) electrons. The van der Waals surface area contributed by atoms with E-state index in [9.17, 15) is 4.79 Å². The molecule has 1 saturated carbocycles. The predicted molar refractivity (Wildman–Crippen MR) is 61.8 cm³/mol. The number of hydrogen-bond donors (Lipinski definition) is 0. The van der Waals surface area contributed by atoms with Gasteiger partial charge in [0.15, 0.2) is 0 Å². The van der Waals surface area contributed by atoms with Crippen LogP contribution in [0.25, 0.3) is 0 Å². The van der Waals surface area contributed by atoms with Crippen LogP contribution in [0.1, 0.15) is 45.4 Å². The maximum atomic E-state index is 11.3. The normalized spacial score (nSPS) is 31.7. The van der Waals surface area contributed by atoms with Crippen LogP contribution in [0.5, 0.6) is 0 Å². The van der Waals surface area contributed by atoms with Crippen molar-refractivity contribution in [3.05, 3.63) is 0 Å². The molecule has 0 bridgehead atoms. The molecule has 2 heteroatoms. The highest BCUT2D eigenvalue weighted by atomic mass is 16.1. The summed E-state index contributed by atoms with van der Waals surface area (Å²) in [6, 6.07) is 0. The molecule has 1 heterocycles. The van der Waals surface area contributed by atoms with Crippen molar-refractivity contribution in [2.45, 2.75) is 45.4 Å². The van der Waals surface area contributed by atoms with E-state index in [2.05, 4.69) is 11.8 Å². The van der Waals surface area contributed by atoms with Crippen molar-refractivity contribution >= 4 is 6.29 Å². The summed E-state index contributed by atoms with van der Waals surface area (Å²) in [4.78, 5) is 13.8. The molecule has 1 unspecified atom stereocenters. The van der Waals surface area contributed by atoms with E-state index in [1.807, 2.05) is 0 Å². The standard InChI is InChI=1S/C13H23NO/c1-12-5-8-14(9-12)10-13(11-15)6-3-2-4-7-13/h11-12H,2-10H2,1H3. The monoisotopic (exact) mass is 209 g/mol. The third-order valence-electron chi connectivity index (χ3n) is 4.15. The largest absolute Gasteiger partial charge is 0.303 e. The first-order chi connectivity index (χ1) is 7.24. The van der Waals surface area contributed by atoms with Crippen molar-refractivity contribution in [1.82, 2.24) is 4.90 Å². The molecule has 1 aliphatic heterocycles. The Bertz CT molecular complexity index is 221. The molecule has 0 aromatic heterocycles. The number of hydrogen-bond acceptors (Lipinski definition) is 2. The Kier molecular flexibility index (Phi) is 3.45. The van der Waals surface area contributed by atoms with Crippen LogP contribution in [0.3, 0.4) is 0 Å². The van der Waals surface area contributed by atoms with Gasteiger partial charge in [-0.15, -0.1) is 0 Å². The van der Waals surface area contributed by atoms with Gasteiger partial charge in [0.1, 0.15) is 6.29 Å². The van der Waals surface area contributed by atoms with E-state index >= 15 is 0 Å². The van der Waals surface area contributed by atoms with Gasteiger partial charge >= 0.3 is 0 Å². The minimum Gasteiger partial charge on any atom is -0.303 e. The summed E-state index contributed by atoms with van der Waals surface area (Å²) in [6.45, 7) is 5.75. The van der Waals surface area contributed by atoms with Gasteiger partial charge in [-0.25, -0.2) is 0 Å². The van der Waals surface area contributed by atoms with E-state index in [-0.39, 0.29) is 5.41 Å². The van der Waals surface area contributed by atoms with Crippen LogP contribution >= 0.6 is 0 Å². The Morgan fingerprint density at radius 2 is 2.07 bits per heavy atom. The number of carbonyl (C=O) groups is 1. The molecule has 15 heavy (non-hydrogen) atoms. The van der Waals surface area contributed by atoms with Gasteiger partial charge in [-0.2, -0.15) is 0 Å². The van der Waals surface area contributed by atoms with Crippen LogP contribution in [0.15, 0.2) is 0 Å². The van der Waals surface area contributed by atoms with E-state index in [4.69, 9.17) is 0 Å². The quantitative estimate of drug-likeness (QED) is 0.666. The second-order valence-electron chi connectivity index (χ2n) is 5.67. The highest BCUT2D eigenvalue weighted by Gasteiger charge is 2.35. The fraction of sp³-hybridized carbons (Fsp3) is 0.923. The summed E-state index contributed by atoms with van der Waals surface area (Å²) in [5.41, 5.74) is 0.0162. The average Bonchev–Trinajstić information content (AvgIpc) is 2.65. The Hall–Kier alpha value is -0.370. The van der Waals surface area contributed by atoms with E-state index in [1.165, 1.54) is 45.1 Å². The van der Waals surface area contributed by atoms with Crippen molar-refractivity contribution in [3.63, 3.8) is 0 Å². The van der Waals surface area contributed by atoms with Gasteiger partial charge in [0.05, 0.1) is 0 Å². The number of carbonyl (C=O) groups excluding carboxylic acids is 1. The van der Waals surface area contributed by atoms with Crippen LogP contribution in [0.4, 0.5) is 0 Å². The fourth-order valence-corrected chi connectivity index (χ4v) is 3.18. The van der Waals surface area contributed by atoms with Gasteiger partial charge in [0, 0.05) is 18.5 Å². The fourth-order valence-electron chi connectivity index (χ4n) is 3.18. The van der Waals surface area contributed by atoms with Crippen molar-refractivity contribution < 1.29 is 4.79 Å². The van der Waals surface area contributed by atoms with Crippen molar-refractivity contribution in [3.8, 4) is 0 Å². The molecule has 0 aromatic carbocycles. The highest BCUT2D eigenvalue weighted by Crippen LogP contribution is 2.36. The SMILES string of the molecule is CC1CCN(CC2(C=O)CCCCC2)C1. The molecule has 1 saturated heterocycles. The molecule has 0 amide bonds. The van der Waals surface area contributed by atoms with Gasteiger partial charge in [-0.3, -0.25) is 0 Å². The number of rotatable bonds is 3. The molecular formula is C13H23NO. The molecule has 0 N–H and O–H groups in total. The number of nitrogens with zero attached hydrogens (tertiary/aromatic N) is 1. The van der Waals surface area contributed by atoms with Gasteiger partial charge in [-0.05, 0) is 31.7 Å². The van der Waals surface area contributed by atoms with Gasteiger partial charge in [0.25, 0.3) is 0 Å². The van der Waals surface area contributed by atoms with Gasteiger partial charge in [-0.1, -0.05) is 26.2 Å². The molecule has 2 rings (SSSR count). The first kappa shape index (κ1) is 11.1. The lowest BCUT2D eigenvalue weighted by molar-refractivity contribution is -0.119. The topological polar surface area (TPSA) is 20.3 Å². The average molecular weight is 209 g/mol. The van der Waals surface area contributed by atoms with Gasteiger partial charge < -0.3 is 9.69 Å². The number of aldehydes is 1. The summed E-state index contributed by atoms with van der Waals surface area (Å²) in [5.74, 6) is 0.831. The highest BCUT2D eigenvalue weighted by molar-refractivity contribution is 5.60. The second-order valence-corrected chi connectivity index (χ2v) is 5.67. The zero-order valence-corrected chi connectivity index (χ0v) is 9.87. The van der Waals surface area contributed by atoms with E-state index < -0.39 is 0 Å². The third-order valence-corrected chi connectivity index (χ3v) is 4.15. The van der Waals surface area contributed by atoms with E-state index in [0.29, 0.717) is 0 Å². The molecule has 1 aliphatic carbocycles. The van der Waals surface area contributed by atoms with Crippen LogP contribution in [-0.4, -0.2) is 30.8 Å². The summed E-state index contributed by atoms with van der Waals surface area (Å²) in [6.07, 6.45) is 8.66. The molecule has 0 spiro atoms. The molecule has 2 fully saturated rings. The first-order valence-corrected chi connectivity index (χ1v) is 6.43. The summed E-state index contributed by atoms with van der Waals surface area (Å²) < 4.78 is 0. The lowest BCUT2D eigenvalue weighted by atomic mass is 9.75. The van der Waals surface area contributed by atoms with Crippen LogP contribution < -0.4 is 0 Å². The Morgan fingerprint density at radius 3 is 2.60 bits per heavy atom. The van der Waals surface area contributed by atoms with Crippen molar-refractivity contribution in [2.75, 3.05) is 19.6 Å². The van der Waals surface area contributed by atoms with Crippen molar-refractivity contribution in [1.29, 1.82) is 0 Å². The van der Waals surface area contributed by atoms with Crippen LogP contribution in [0, 0.1) is 11.3 Å². The maximum absolute atomic E-state index is 11.3. The Morgan fingerprint density at radius 1 is 1.33 bits per heavy atom. The molecule has 2 aliphatic rings. The maximum Gasteiger partial charge on any atom is 0.127 e. The first-order valence-electron chi connectivity index (χ1n) is 6.43. The lowest BCUT2D eigenvalue weighted by Crippen LogP contribution is -2.39. The molecule has 0 aromatic rings. The third kappa shape index (κ3) is 2.60. The Labute approximate surface area is 93.0 Å². The smallest absolute Gasteiger partial charge is 0.127 e. The molecule has 2 nitrogen and oxygen atoms in total. The van der Waals surface area contributed by atoms with E-state index in [0.717, 1.165) is 25.3 Å². The second kappa shape index (κ2) is 4.65. The van der Waals surface area contributed by atoms with Gasteiger partial charge in [0.2, 0.25) is 0 Å². The number of likely N-dealkylation sites (tertiary alicyclic amines) is 1. The predicted octanol–water partition coefficient (Wildman–Crippen LogP) is 2.48. The summed E-state index contributed by atoms with van der Waals surface area (Å²) >= 11 is 0. The summed E-state index contributed by atoms with van der Waals surface area (Å²) in [7, 11) is 0. The summed E-state index contributed by atoms with van der Waals surface area (Å²) in [5, 5.41) is 0. The van der Waals surface area contributed by atoms with Crippen LogP contribution in [-0.2, 0) is 4.79 Å². The zero-order valence-electron chi connectivity index (χ0n) is 9.87. The minimum atomic E-state index is 0.0162. The molecule has 86 valence electrons. The minimum absolute atomic E-state index is 0.0162. The molecular weight excluding hydrogens is 186 g/mol. The molecule has 1 atom stereocenters. The Balaban J connectivity index is 1.92.